The number of hydrogen-bond acceptors (Lipinski definition) is 3. The van der Waals surface area contributed by atoms with Gasteiger partial charge in [0.2, 0.25) is 5.89 Å². The minimum atomic E-state index is -0.424. The van der Waals surface area contributed by atoms with Gasteiger partial charge in [-0.05, 0) is 12.1 Å². The van der Waals surface area contributed by atoms with Crippen molar-refractivity contribution in [1.29, 1.82) is 0 Å². The van der Waals surface area contributed by atoms with Gasteiger partial charge >= 0.3 is 0 Å². The van der Waals surface area contributed by atoms with Crippen LogP contribution in [0.5, 0.6) is 0 Å². The molecule has 0 radical (unpaired) electrons. The van der Waals surface area contributed by atoms with Crippen molar-refractivity contribution in [1.82, 2.24) is 4.98 Å². The zero-order valence-electron chi connectivity index (χ0n) is 7.11. The number of oxazole rings is 1. The standard InChI is InChI=1S/C10H6FNO2/c11-9-4-2-1-3-8(9)10-12-5-7(6-13)14-10/h1-6H. The van der Waals surface area contributed by atoms with Crippen LogP contribution in [0.4, 0.5) is 4.39 Å². The van der Waals surface area contributed by atoms with Crippen molar-refractivity contribution in [3.63, 3.8) is 0 Å². The summed E-state index contributed by atoms with van der Waals surface area (Å²) in [6, 6.07) is 6.08. The topological polar surface area (TPSA) is 43.1 Å². The zero-order valence-corrected chi connectivity index (χ0v) is 7.11. The third kappa shape index (κ3) is 1.42. The Morgan fingerprint density at radius 1 is 1.36 bits per heavy atom. The lowest BCUT2D eigenvalue weighted by atomic mass is 10.2. The van der Waals surface area contributed by atoms with Crippen molar-refractivity contribution >= 4 is 6.29 Å². The van der Waals surface area contributed by atoms with E-state index < -0.39 is 5.82 Å². The van der Waals surface area contributed by atoms with E-state index >= 15 is 0 Å². The van der Waals surface area contributed by atoms with Crippen molar-refractivity contribution in [2.24, 2.45) is 0 Å². The van der Waals surface area contributed by atoms with Crippen LogP contribution in [0.2, 0.25) is 0 Å². The van der Waals surface area contributed by atoms with Gasteiger partial charge in [-0.1, -0.05) is 12.1 Å². The van der Waals surface area contributed by atoms with Gasteiger partial charge in [-0.2, -0.15) is 0 Å². The molecule has 0 unspecified atom stereocenters. The largest absolute Gasteiger partial charge is 0.433 e. The van der Waals surface area contributed by atoms with Crippen LogP contribution >= 0.6 is 0 Å². The van der Waals surface area contributed by atoms with Crippen LogP contribution in [-0.2, 0) is 0 Å². The minimum absolute atomic E-state index is 0.0863. The molecular weight excluding hydrogens is 185 g/mol. The average Bonchev–Trinajstić information content (AvgIpc) is 2.67. The molecule has 3 nitrogen and oxygen atoms in total. The molecule has 0 saturated heterocycles. The van der Waals surface area contributed by atoms with Crippen molar-refractivity contribution in [3.8, 4) is 11.5 Å². The Bertz CT molecular complexity index is 465. The zero-order chi connectivity index (χ0) is 9.97. The van der Waals surface area contributed by atoms with Gasteiger partial charge in [0.15, 0.2) is 12.0 Å². The fourth-order valence-electron chi connectivity index (χ4n) is 1.10. The van der Waals surface area contributed by atoms with Crippen LogP contribution < -0.4 is 0 Å². The van der Waals surface area contributed by atoms with E-state index in [2.05, 4.69) is 4.98 Å². The minimum Gasteiger partial charge on any atom is -0.433 e. The number of aromatic nitrogens is 1. The molecule has 70 valence electrons. The highest BCUT2D eigenvalue weighted by molar-refractivity contribution is 5.71. The summed E-state index contributed by atoms with van der Waals surface area (Å²) in [5.74, 6) is -0.222. The van der Waals surface area contributed by atoms with E-state index in [1.165, 1.54) is 18.3 Å². The molecule has 0 saturated carbocycles. The second kappa shape index (κ2) is 3.41. The van der Waals surface area contributed by atoms with Gasteiger partial charge in [-0.3, -0.25) is 4.79 Å². The Morgan fingerprint density at radius 2 is 2.14 bits per heavy atom. The molecule has 4 heteroatoms. The summed E-state index contributed by atoms with van der Waals surface area (Å²) in [5, 5.41) is 0. The quantitative estimate of drug-likeness (QED) is 0.684. The summed E-state index contributed by atoms with van der Waals surface area (Å²) in [6.45, 7) is 0. The van der Waals surface area contributed by atoms with E-state index in [1.807, 2.05) is 0 Å². The van der Waals surface area contributed by atoms with Gasteiger partial charge in [0.25, 0.3) is 0 Å². The Kier molecular flexibility index (Phi) is 2.10. The molecule has 0 fully saturated rings. The Balaban J connectivity index is 2.49. The third-order valence-corrected chi connectivity index (χ3v) is 1.74. The number of hydrogen-bond donors (Lipinski definition) is 0. The van der Waals surface area contributed by atoms with E-state index in [1.54, 1.807) is 12.1 Å². The monoisotopic (exact) mass is 191 g/mol. The molecule has 0 bridgehead atoms. The number of halogens is 1. The lowest BCUT2D eigenvalue weighted by Gasteiger charge is -1.95. The van der Waals surface area contributed by atoms with Gasteiger partial charge in [0, 0.05) is 0 Å². The lowest BCUT2D eigenvalue weighted by molar-refractivity contribution is 0.110. The van der Waals surface area contributed by atoms with Gasteiger partial charge in [-0.25, -0.2) is 9.37 Å². The highest BCUT2D eigenvalue weighted by Crippen LogP contribution is 2.21. The van der Waals surface area contributed by atoms with E-state index in [0.717, 1.165) is 0 Å². The first kappa shape index (κ1) is 8.62. The SMILES string of the molecule is O=Cc1cnc(-c2ccccc2F)o1. The summed E-state index contributed by atoms with van der Waals surface area (Å²) in [6.07, 6.45) is 1.78. The third-order valence-electron chi connectivity index (χ3n) is 1.74. The van der Waals surface area contributed by atoms with Crippen molar-refractivity contribution < 1.29 is 13.6 Å². The molecule has 1 aromatic carbocycles. The number of benzene rings is 1. The molecule has 0 aliphatic rings. The van der Waals surface area contributed by atoms with Gasteiger partial charge in [0.1, 0.15) is 5.82 Å². The molecule has 1 heterocycles. The predicted molar refractivity (Wildman–Crippen MR) is 47.3 cm³/mol. The maximum absolute atomic E-state index is 13.2. The van der Waals surface area contributed by atoms with Crippen LogP contribution in [-0.4, -0.2) is 11.3 Å². The van der Waals surface area contributed by atoms with Crippen LogP contribution in [0.1, 0.15) is 10.6 Å². The molecule has 14 heavy (non-hydrogen) atoms. The van der Waals surface area contributed by atoms with Gasteiger partial charge in [0.05, 0.1) is 11.8 Å². The number of aldehydes is 1. The molecule has 0 amide bonds. The van der Waals surface area contributed by atoms with Crippen LogP contribution in [0.3, 0.4) is 0 Å². The van der Waals surface area contributed by atoms with Gasteiger partial charge in [-0.15, -0.1) is 0 Å². The summed E-state index contributed by atoms with van der Waals surface area (Å²) in [5.41, 5.74) is 0.251. The molecule has 2 aromatic rings. The lowest BCUT2D eigenvalue weighted by Crippen LogP contribution is -1.82. The Labute approximate surface area is 79.2 Å². The first-order valence-electron chi connectivity index (χ1n) is 3.97. The summed E-state index contributed by atoms with van der Waals surface area (Å²) in [7, 11) is 0. The van der Waals surface area contributed by atoms with E-state index in [-0.39, 0.29) is 17.2 Å². The van der Waals surface area contributed by atoms with Crippen molar-refractivity contribution in [3.05, 3.63) is 42.0 Å². The molecule has 0 aliphatic carbocycles. The molecule has 0 atom stereocenters. The molecule has 0 spiro atoms. The molecule has 0 aliphatic heterocycles. The fourth-order valence-corrected chi connectivity index (χ4v) is 1.10. The molecule has 1 aromatic heterocycles. The van der Waals surface area contributed by atoms with E-state index in [4.69, 9.17) is 4.42 Å². The first-order chi connectivity index (χ1) is 6.81. The smallest absolute Gasteiger partial charge is 0.229 e. The van der Waals surface area contributed by atoms with Crippen molar-refractivity contribution in [2.45, 2.75) is 0 Å². The maximum Gasteiger partial charge on any atom is 0.229 e. The Morgan fingerprint density at radius 3 is 2.79 bits per heavy atom. The molecular formula is C10H6FNO2. The van der Waals surface area contributed by atoms with E-state index in [9.17, 15) is 9.18 Å². The van der Waals surface area contributed by atoms with Crippen molar-refractivity contribution in [2.75, 3.05) is 0 Å². The van der Waals surface area contributed by atoms with E-state index in [0.29, 0.717) is 6.29 Å². The summed E-state index contributed by atoms with van der Waals surface area (Å²) >= 11 is 0. The number of carbonyl (C=O) groups is 1. The highest BCUT2D eigenvalue weighted by atomic mass is 19.1. The predicted octanol–water partition coefficient (Wildman–Crippen LogP) is 2.29. The van der Waals surface area contributed by atoms with Crippen LogP contribution in [0.25, 0.3) is 11.5 Å². The normalized spacial score (nSPS) is 10.1. The first-order valence-corrected chi connectivity index (χ1v) is 3.97. The number of nitrogens with zero attached hydrogens (tertiary/aromatic N) is 1. The summed E-state index contributed by atoms with van der Waals surface area (Å²) < 4.78 is 18.2. The number of rotatable bonds is 2. The highest BCUT2D eigenvalue weighted by Gasteiger charge is 2.09. The fraction of sp³-hybridized carbons (Fsp3) is 0. The average molecular weight is 191 g/mol. The summed E-state index contributed by atoms with van der Waals surface area (Å²) in [4.78, 5) is 14.1. The van der Waals surface area contributed by atoms with Crippen LogP contribution in [0, 0.1) is 5.82 Å². The second-order valence-corrected chi connectivity index (χ2v) is 2.67. The molecule has 0 N–H and O–H groups in total. The second-order valence-electron chi connectivity index (χ2n) is 2.67. The number of carbonyl (C=O) groups excluding carboxylic acids is 1. The van der Waals surface area contributed by atoms with Gasteiger partial charge < -0.3 is 4.42 Å². The van der Waals surface area contributed by atoms with Crippen LogP contribution in [0.15, 0.2) is 34.9 Å². The molecule has 2 rings (SSSR count). The Hall–Kier alpha value is -1.97. The maximum atomic E-state index is 13.2.